The molecule has 3 heterocycles. The molecule has 0 bridgehead atoms. The van der Waals surface area contributed by atoms with Crippen molar-refractivity contribution >= 4 is 22.2 Å². The molecular formula is C22H28N4O2S. The maximum atomic E-state index is 13.2. The number of likely N-dealkylation sites (N-methyl/N-ethyl adjacent to an activating group) is 1. The Morgan fingerprint density at radius 3 is 2.97 bits per heavy atom. The van der Waals surface area contributed by atoms with Crippen molar-refractivity contribution in [2.45, 2.75) is 25.8 Å². The van der Waals surface area contributed by atoms with Crippen LogP contribution in [0.1, 0.15) is 34.6 Å². The smallest absolute Gasteiger partial charge is 0.274 e. The molecule has 1 atom stereocenters. The molecule has 1 saturated heterocycles. The summed E-state index contributed by atoms with van der Waals surface area (Å²) in [6, 6.07) is 10.2. The van der Waals surface area contributed by atoms with Gasteiger partial charge in [-0.15, -0.1) is 11.3 Å². The topological polar surface area (TPSA) is 61.1 Å². The molecule has 4 rings (SSSR count). The molecular weight excluding hydrogens is 384 g/mol. The van der Waals surface area contributed by atoms with E-state index in [9.17, 15) is 9.90 Å². The predicted octanol–water partition coefficient (Wildman–Crippen LogP) is 2.91. The zero-order valence-corrected chi connectivity index (χ0v) is 17.6. The molecule has 0 saturated carbocycles. The second-order valence-electron chi connectivity index (χ2n) is 7.85. The van der Waals surface area contributed by atoms with Crippen LogP contribution < -0.4 is 0 Å². The van der Waals surface area contributed by atoms with Crippen LogP contribution in [0, 0.1) is 5.92 Å². The van der Waals surface area contributed by atoms with Crippen LogP contribution in [0.2, 0.25) is 0 Å². The predicted molar refractivity (Wildman–Crippen MR) is 115 cm³/mol. The summed E-state index contributed by atoms with van der Waals surface area (Å²) >= 11 is 1.55. The summed E-state index contributed by atoms with van der Waals surface area (Å²) in [5.74, 6) is 0.296. The number of carbonyl (C=O) groups is 1. The fourth-order valence-electron chi connectivity index (χ4n) is 4.03. The van der Waals surface area contributed by atoms with Gasteiger partial charge >= 0.3 is 0 Å². The average Bonchev–Trinajstić information content (AvgIpc) is 3.35. The summed E-state index contributed by atoms with van der Waals surface area (Å²) in [7, 11) is 1.85. The molecule has 154 valence electrons. The molecule has 1 unspecified atom stereocenters. The number of carbonyl (C=O) groups excluding carboxylic acids is 1. The minimum Gasteiger partial charge on any atom is -0.396 e. The number of aliphatic hydroxyl groups excluding tert-OH is 1. The lowest BCUT2D eigenvalue weighted by molar-refractivity contribution is 0.0785. The summed E-state index contributed by atoms with van der Waals surface area (Å²) in [6.45, 7) is 3.42. The molecule has 1 amide bonds. The number of imidazole rings is 1. The number of benzene rings is 1. The second kappa shape index (κ2) is 9.07. The largest absolute Gasteiger partial charge is 0.396 e. The number of hydrogen-bond acceptors (Lipinski definition) is 5. The van der Waals surface area contributed by atoms with E-state index in [4.69, 9.17) is 0 Å². The number of thiazole rings is 1. The number of amides is 1. The van der Waals surface area contributed by atoms with Gasteiger partial charge in [-0.05, 0) is 37.3 Å². The minimum atomic E-state index is -0.0254. The lowest BCUT2D eigenvalue weighted by Crippen LogP contribution is -2.37. The zero-order chi connectivity index (χ0) is 20.2. The Morgan fingerprint density at radius 1 is 1.34 bits per heavy atom. The van der Waals surface area contributed by atoms with Gasteiger partial charge in [0.05, 0.1) is 5.69 Å². The number of fused-ring (bicyclic) bond motifs is 1. The molecule has 1 aromatic carbocycles. The molecule has 29 heavy (non-hydrogen) atoms. The van der Waals surface area contributed by atoms with Crippen molar-refractivity contribution in [1.82, 2.24) is 19.2 Å². The van der Waals surface area contributed by atoms with Crippen molar-refractivity contribution in [2.24, 2.45) is 5.92 Å². The van der Waals surface area contributed by atoms with Crippen molar-refractivity contribution in [2.75, 3.05) is 33.3 Å². The number of likely N-dealkylation sites (tertiary alicyclic amines) is 1. The Labute approximate surface area is 175 Å². The molecule has 6 nitrogen and oxygen atoms in total. The fraction of sp³-hybridized carbons (Fsp3) is 0.455. The molecule has 1 aliphatic rings. The first-order valence-corrected chi connectivity index (χ1v) is 11.1. The third-order valence-electron chi connectivity index (χ3n) is 5.72. The van der Waals surface area contributed by atoms with E-state index in [0.717, 1.165) is 43.0 Å². The third kappa shape index (κ3) is 4.52. The van der Waals surface area contributed by atoms with Gasteiger partial charge in [0.15, 0.2) is 10.7 Å². The monoisotopic (exact) mass is 412 g/mol. The van der Waals surface area contributed by atoms with Crippen molar-refractivity contribution in [3.8, 4) is 0 Å². The summed E-state index contributed by atoms with van der Waals surface area (Å²) in [5.41, 5.74) is 2.73. The standard InChI is InChI=1S/C22H28N4O2S/c1-24(11-9-17-6-3-2-4-7-17)21(28)20-19(26-12-13-29-22(26)23-20)15-25-10-5-8-18(14-25)16-27/h2-4,6-7,12-13,18,27H,5,8-11,14-16H2,1H3. The highest BCUT2D eigenvalue weighted by Gasteiger charge is 2.26. The molecule has 7 heteroatoms. The van der Waals surface area contributed by atoms with Crippen molar-refractivity contribution in [3.05, 3.63) is 58.9 Å². The summed E-state index contributed by atoms with van der Waals surface area (Å²) in [5, 5.41) is 11.5. The average molecular weight is 413 g/mol. The molecule has 0 spiro atoms. The normalized spacial score (nSPS) is 17.7. The maximum absolute atomic E-state index is 13.2. The number of piperidine rings is 1. The first-order valence-electron chi connectivity index (χ1n) is 10.2. The van der Waals surface area contributed by atoms with Crippen LogP contribution in [0.5, 0.6) is 0 Å². The first kappa shape index (κ1) is 20.1. The Hall–Kier alpha value is -2.22. The molecule has 2 aromatic heterocycles. The van der Waals surface area contributed by atoms with Crippen LogP contribution in [-0.2, 0) is 13.0 Å². The van der Waals surface area contributed by atoms with E-state index in [1.165, 1.54) is 5.56 Å². The number of rotatable bonds is 7. The Balaban J connectivity index is 1.51. The molecule has 3 aromatic rings. The molecule has 1 fully saturated rings. The Morgan fingerprint density at radius 2 is 2.17 bits per heavy atom. The van der Waals surface area contributed by atoms with E-state index in [1.807, 2.05) is 41.2 Å². The number of aromatic nitrogens is 2. The quantitative estimate of drug-likeness (QED) is 0.648. The summed E-state index contributed by atoms with van der Waals surface area (Å²) in [6.07, 6.45) is 4.97. The fourth-order valence-corrected chi connectivity index (χ4v) is 4.77. The number of nitrogens with zero attached hydrogens (tertiary/aromatic N) is 4. The summed E-state index contributed by atoms with van der Waals surface area (Å²) in [4.78, 5) is 22.9. The Kier molecular flexibility index (Phi) is 6.28. The second-order valence-corrected chi connectivity index (χ2v) is 8.72. The molecule has 0 radical (unpaired) electrons. The van der Waals surface area contributed by atoms with Crippen molar-refractivity contribution in [1.29, 1.82) is 0 Å². The van der Waals surface area contributed by atoms with E-state index >= 15 is 0 Å². The van der Waals surface area contributed by atoms with Gasteiger partial charge in [-0.1, -0.05) is 30.3 Å². The van der Waals surface area contributed by atoms with Crippen molar-refractivity contribution in [3.63, 3.8) is 0 Å². The molecule has 0 aliphatic carbocycles. The highest BCUT2D eigenvalue weighted by molar-refractivity contribution is 7.15. The highest BCUT2D eigenvalue weighted by atomic mass is 32.1. The maximum Gasteiger partial charge on any atom is 0.274 e. The number of hydrogen-bond donors (Lipinski definition) is 1. The van der Waals surface area contributed by atoms with E-state index in [-0.39, 0.29) is 12.5 Å². The summed E-state index contributed by atoms with van der Waals surface area (Å²) < 4.78 is 2.05. The van der Waals surface area contributed by atoms with Gasteiger partial charge in [-0.25, -0.2) is 4.98 Å². The van der Waals surface area contributed by atoms with Crippen LogP contribution in [-0.4, -0.2) is 63.5 Å². The van der Waals surface area contributed by atoms with Gasteiger partial charge in [0, 0.05) is 44.9 Å². The van der Waals surface area contributed by atoms with Gasteiger partial charge < -0.3 is 10.0 Å². The minimum absolute atomic E-state index is 0.0254. The third-order valence-corrected chi connectivity index (χ3v) is 6.48. The lowest BCUT2D eigenvalue weighted by atomic mass is 9.99. The van der Waals surface area contributed by atoms with Gasteiger partial charge in [0.1, 0.15) is 0 Å². The molecule has 1 N–H and O–H groups in total. The van der Waals surface area contributed by atoms with Crippen LogP contribution in [0.4, 0.5) is 0 Å². The van der Waals surface area contributed by atoms with E-state index in [0.29, 0.717) is 24.7 Å². The van der Waals surface area contributed by atoms with Crippen LogP contribution in [0.25, 0.3) is 4.96 Å². The molecule has 1 aliphatic heterocycles. The van der Waals surface area contributed by atoms with Crippen LogP contribution >= 0.6 is 11.3 Å². The van der Waals surface area contributed by atoms with E-state index in [1.54, 1.807) is 16.2 Å². The van der Waals surface area contributed by atoms with Crippen molar-refractivity contribution < 1.29 is 9.90 Å². The van der Waals surface area contributed by atoms with Gasteiger partial charge in [0.25, 0.3) is 5.91 Å². The van der Waals surface area contributed by atoms with E-state index < -0.39 is 0 Å². The lowest BCUT2D eigenvalue weighted by Gasteiger charge is -2.31. The first-order chi connectivity index (χ1) is 14.2. The van der Waals surface area contributed by atoms with Crippen LogP contribution in [0.15, 0.2) is 41.9 Å². The van der Waals surface area contributed by atoms with Gasteiger partial charge in [-0.2, -0.15) is 0 Å². The van der Waals surface area contributed by atoms with Gasteiger partial charge in [-0.3, -0.25) is 14.1 Å². The Bertz CT molecular complexity index is 952. The van der Waals surface area contributed by atoms with E-state index in [2.05, 4.69) is 22.0 Å². The SMILES string of the molecule is CN(CCc1ccccc1)C(=O)c1nc2sccn2c1CN1CCCC(CO)C1. The number of aliphatic hydroxyl groups is 1. The van der Waals surface area contributed by atoms with Gasteiger partial charge in [0.2, 0.25) is 0 Å². The zero-order valence-electron chi connectivity index (χ0n) is 16.8. The highest BCUT2D eigenvalue weighted by Crippen LogP contribution is 2.23. The van der Waals surface area contributed by atoms with Crippen LogP contribution in [0.3, 0.4) is 0 Å².